The molecule has 0 aliphatic carbocycles. The highest BCUT2D eigenvalue weighted by molar-refractivity contribution is 7.89. The van der Waals surface area contributed by atoms with Crippen molar-refractivity contribution < 1.29 is 13.2 Å². The molecule has 0 atom stereocenters. The maximum atomic E-state index is 12.1. The number of hydrogen-bond acceptors (Lipinski definition) is 4. The van der Waals surface area contributed by atoms with Crippen molar-refractivity contribution in [3.05, 3.63) is 59.7 Å². The second-order valence-electron chi connectivity index (χ2n) is 4.93. The van der Waals surface area contributed by atoms with Gasteiger partial charge in [0.25, 0.3) is 5.91 Å². The van der Waals surface area contributed by atoms with E-state index in [1.807, 2.05) is 30.3 Å². The van der Waals surface area contributed by atoms with Gasteiger partial charge in [0.1, 0.15) is 0 Å². The van der Waals surface area contributed by atoms with E-state index in [0.717, 1.165) is 11.6 Å². The minimum Gasteiger partial charge on any atom is -0.380 e. The van der Waals surface area contributed by atoms with Crippen LogP contribution < -0.4 is 21.9 Å². The summed E-state index contributed by atoms with van der Waals surface area (Å²) < 4.78 is 23.0. The Morgan fingerprint density at radius 3 is 2.33 bits per heavy atom. The van der Waals surface area contributed by atoms with Crippen molar-refractivity contribution in [2.45, 2.75) is 11.4 Å². The van der Waals surface area contributed by atoms with Crippen molar-refractivity contribution in [2.24, 2.45) is 21.6 Å². The molecule has 9 heteroatoms. The lowest BCUT2D eigenvalue weighted by Gasteiger charge is -2.11. The zero-order chi connectivity index (χ0) is 17.7. The number of hydrogen-bond donors (Lipinski definition) is 4. The van der Waals surface area contributed by atoms with Crippen LogP contribution in [0.2, 0.25) is 0 Å². The SMILES string of the molecule is NC(N)=NC(=O)c1cc(S(N)(=O)=O)ccc1NCc1ccccc1. The number of sulfonamides is 1. The number of primary sulfonamides is 1. The first-order chi connectivity index (χ1) is 11.3. The van der Waals surface area contributed by atoms with Gasteiger partial charge in [0, 0.05) is 12.2 Å². The summed E-state index contributed by atoms with van der Waals surface area (Å²) in [6.45, 7) is 0.428. The Morgan fingerprint density at radius 2 is 1.75 bits per heavy atom. The maximum Gasteiger partial charge on any atom is 0.282 e. The lowest BCUT2D eigenvalue weighted by Crippen LogP contribution is -2.24. The van der Waals surface area contributed by atoms with Crippen molar-refractivity contribution >= 4 is 27.6 Å². The number of aliphatic imine (C=N–C) groups is 1. The van der Waals surface area contributed by atoms with E-state index < -0.39 is 21.9 Å². The Hall–Kier alpha value is -2.91. The Bertz CT molecular complexity index is 875. The summed E-state index contributed by atoms with van der Waals surface area (Å²) in [5.74, 6) is -1.19. The smallest absolute Gasteiger partial charge is 0.282 e. The van der Waals surface area contributed by atoms with Gasteiger partial charge in [-0.15, -0.1) is 0 Å². The molecule has 0 aromatic heterocycles. The van der Waals surface area contributed by atoms with Crippen LogP contribution in [0.25, 0.3) is 0 Å². The molecule has 0 saturated heterocycles. The van der Waals surface area contributed by atoms with E-state index in [2.05, 4.69) is 10.3 Å². The Balaban J connectivity index is 2.38. The molecule has 126 valence electrons. The topological polar surface area (TPSA) is 154 Å². The molecule has 0 aliphatic heterocycles. The highest BCUT2D eigenvalue weighted by Gasteiger charge is 2.16. The Labute approximate surface area is 139 Å². The summed E-state index contributed by atoms with van der Waals surface area (Å²) in [7, 11) is -3.96. The second kappa shape index (κ2) is 7.11. The maximum absolute atomic E-state index is 12.1. The summed E-state index contributed by atoms with van der Waals surface area (Å²) in [5.41, 5.74) is 11.8. The molecular weight excluding hydrogens is 330 g/mol. The number of benzene rings is 2. The lowest BCUT2D eigenvalue weighted by atomic mass is 10.1. The van der Waals surface area contributed by atoms with Crippen LogP contribution in [0.15, 0.2) is 58.4 Å². The highest BCUT2D eigenvalue weighted by Crippen LogP contribution is 2.21. The Morgan fingerprint density at radius 1 is 1.08 bits per heavy atom. The van der Waals surface area contributed by atoms with Crippen molar-refractivity contribution in [1.29, 1.82) is 0 Å². The van der Waals surface area contributed by atoms with Crippen molar-refractivity contribution in [3.8, 4) is 0 Å². The highest BCUT2D eigenvalue weighted by atomic mass is 32.2. The number of anilines is 1. The minimum absolute atomic E-state index is 0.00542. The average molecular weight is 347 g/mol. The average Bonchev–Trinajstić information content (AvgIpc) is 2.52. The zero-order valence-electron chi connectivity index (χ0n) is 12.6. The van der Waals surface area contributed by atoms with Crippen LogP contribution in [-0.2, 0) is 16.6 Å². The molecule has 24 heavy (non-hydrogen) atoms. The fraction of sp³-hybridized carbons (Fsp3) is 0.0667. The van der Waals surface area contributed by atoms with Gasteiger partial charge in [-0.3, -0.25) is 4.79 Å². The molecule has 0 saturated carbocycles. The number of nitrogens with two attached hydrogens (primary N) is 3. The van der Waals surface area contributed by atoms with Crippen LogP contribution in [0.1, 0.15) is 15.9 Å². The predicted molar refractivity (Wildman–Crippen MR) is 91.7 cm³/mol. The normalized spacial score (nSPS) is 10.9. The lowest BCUT2D eigenvalue weighted by molar-refractivity contribution is 0.100. The number of rotatable bonds is 5. The van der Waals surface area contributed by atoms with Gasteiger partial charge in [-0.25, -0.2) is 13.6 Å². The van der Waals surface area contributed by atoms with Gasteiger partial charge in [-0.05, 0) is 23.8 Å². The summed E-state index contributed by atoms with van der Waals surface area (Å²) >= 11 is 0. The van der Waals surface area contributed by atoms with Crippen LogP contribution in [0.4, 0.5) is 5.69 Å². The van der Waals surface area contributed by atoms with Gasteiger partial charge in [0.15, 0.2) is 5.96 Å². The first-order valence-electron chi connectivity index (χ1n) is 6.86. The van der Waals surface area contributed by atoms with Crippen molar-refractivity contribution in [2.75, 3.05) is 5.32 Å². The fourth-order valence-corrected chi connectivity index (χ4v) is 2.54. The fourth-order valence-electron chi connectivity index (χ4n) is 2.00. The van der Waals surface area contributed by atoms with Gasteiger partial charge in [-0.1, -0.05) is 30.3 Å². The van der Waals surface area contributed by atoms with Gasteiger partial charge in [0.2, 0.25) is 10.0 Å². The van der Waals surface area contributed by atoms with Gasteiger partial charge >= 0.3 is 0 Å². The second-order valence-corrected chi connectivity index (χ2v) is 6.49. The quantitative estimate of drug-likeness (QED) is 0.452. The van der Waals surface area contributed by atoms with E-state index in [1.165, 1.54) is 12.1 Å². The molecule has 0 bridgehead atoms. The monoisotopic (exact) mass is 347 g/mol. The number of nitrogens with one attached hydrogen (secondary N) is 1. The zero-order valence-corrected chi connectivity index (χ0v) is 13.5. The summed E-state index contributed by atoms with van der Waals surface area (Å²) in [5, 5.41) is 8.15. The van der Waals surface area contributed by atoms with Gasteiger partial charge < -0.3 is 16.8 Å². The number of guanidine groups is 1. The number of carbonyl (C=O) groups excluding carboxylic acids is 1. The van der Waals surface area contributed by atoms with Crippen LogP contribution in [-0.4, -0.2) is 20.3 Å². The molecule has 2 aromatic carbocycles. The van der Waals surface area contributed by atoms with E-state index in [0.29, 0.717) is 12.2 Å². The van der Waals surface area contributed by atoms with Crippen LogP contribution in [0.5, 0.6) is 0 Å². The summed E-state index contributed by atoms with van der Waals surface area (Å²) in [6.07, 6.45) is 0. The number of carbonyl (C=O) groups is 1. The minimum atomic E-state index is -3.96. The first kappa shape index (κ1) is 17.4. The molecule has 1 amide bonds. The third kappa shape index (κ3) is 4.54. The largest absolute Gasteiger partial charge is 0.380 e. The Kier molecular flexibility index (Phi) is 5.17. The molecule has 2 aromatic rings. The van der Waals surface area contributed by atoms with Crippen LogP contribution in [0.3, 0.4) is 0 Å². The summed E-state index contributed by atoms with van der Waals surface area (Å²) in [6, 6.07) is 13.3. The molecule has 7 N–H and O–H groups in total. The van der Waals surface area contributed by atoms with E-state index in [4.69, 9.17) is 16.6 Å². The molecule has 8 nitrogen and oxygen atoms in total. The van der Waals surface area contributed by atoms with Crippen LogP contribution in [0, 0.1) is 0 Å². The standard InChI is InChI=1S/C15H17N5O3S/c16-15(17)20-14(21)12-8-11(24(18,22)23)6-7-13(12)19-9-10-4-2-1-3-5-10/h1-8,19H,9H2,(H2,18,22,23)(H4,16,17,20,21). The molecule has 0 fully saturated rings. The van der Waals surface area contributed by atoms with Gasteiger partial charge in [0.05, 0.1) is 10.5 Å². The molecule has 0 radical (unpaired) electrons. The molecule has 2 rings (SSSR count). The molecule has 0 unspecified atom stereocenters. The summed E-state index contributed by atoms with van der Waals surface area (Å²) in [4.78, 5) is 15.4. The third-order valence-electron chi connectivity index (χ3n) is 3.11. The van der Waals surface area contributed by atoms with Crippen molar-refractivity contribution in [1.82, 2.24) is 0 Å². The number of nitrogens with zero attached hydrogens (tertiary/aromatic N) is 1. The predicted octanol–water partition coefficient (Wildman–Crippen LogP) is 0.360. The molecule has 0 heterocycles. The first-order valence-corrected chi connectivity index (χ1v) is 8.40. The third-order valence-corrected chi connectivity index (χ3v) is 4.02. The molecule has 0 spiro atoms. The van der Waals surface area contributed by atoms with Crippen LogP contribution >= 0.6 is 0 Å². The number of amides is 1. The van der Waals surface area contributed by atoms with E-state index in [-0.39, 0.29) is 10.5 Å². The van der Waals surface area contributed by atoms with E-state index in [1.54, 1.807) is 0 Å². The molecule has 0 aliphatic rings. The van der Waals surface area contributed by atoms with E-state index in [9.17, 15) is 13.2 Å². The van der Waals surface area contributed by atoms with E-state index >= 15 is 0 Å². The van der Waals surface area contributed by atoms with Gasteiger partial charge in [-0.2, -0.15) is 4.99 Å². The molecular formula is C15H17N5O3S. The van der Waals surface area contributed by atoms with Crippen molar-refractivity contribution in [3.63, 3.8) is 0 Å².